The van der Waals surface area contributed by atoms with Gasteiger partial charge in [-0.2, -0.15) is 4.31 Å². The van der Waals surface area contributed by atoms with Crippen LogP contribution in [-0.2, 0) is 26.1 Å². The highest BCUT2D eigenvalue weighted by Gasteiger charge is 2.31. The van der Waals surface area contributed by atoms with Crippen molar-refractivity contribution in [1.29, 1.82) is 0 Å². The lowest BCUT2D eigenvalue weighted by Crippen LogP contribution is -2.39. The van der Waals surface area contributed by atoms with E-state index in [9.17, 15) is 18.0 Å². The minimum Gasteiger partial charge on any atom is -0.452 e. The molecule has 172 valence electrons. The first-order valence-corrected chi connectivity index (χ1v) is 12.3. The van der Waals surface area contributed by atoms with Crippen LogP contribution in [0.5, 0.6) is 0 Å². The highest BCUT2D eigenvalue weighted by molar-refractivity contribution is 7.89. The van der Waals surface area contributed by atoms with E-state index in [1.807, 2.05) is 38.1 Å². The Kier molecular flexibility index (Phi) is 7.92. The molecule has 3 rings (SSSR count). The highest BCUT2D eigenvalue weighted by atomic mass is 35.5. The van der Waals surface area contributed by atoms with Crippen LogP contribution in [0.15, 0.2) is 47.4 Å². The topological polar surface area (TPSA) is 92.8 Å². The van der Waals surface area contributed by atoms with Gasteiger partial charge in [0.15, 0.2) is 6.61 Å². The largest absolute Gasteiger partial charge is 0.452 e. The molecule has 1 saturated heterocycles. The first-order chi connectivity index (χ1) is 15.2. The van der Waals surface area contributed by atoms with Gasteiger partial charge in [-0.15, -0.1) is 0 Å². The van der Waals surface area contributed by atoms with E-state index in [0.717, 1.165) is 24.0 Å². The minimum atomic E-state index is -3.84. The number of piperidine rings is 1. The third kappa shape index (κ3) is 6.09. The maximum Gasteiger partial charge on any atom is 0.338 e. The van der Waals surface area contributed by atoms with E-state index in [4.69, 9.17) is 16.3 Å². The van der Waals surface area contributed by atoms with E-state index in [1.165, 1.54) is 22.5 Å². The van der Waals surface area contributed by atoms with Gasteiger partial charge in [0.25, 0.3) is 5.91 Å². The zero-order valence-corrected chi connectivity index (χ0v) is 19.7. The molecule has 0 aliphatic carbocycles. The number of aryl methyl sites for hydroxylation is 1. The standard InChI is InChI=1S/C23H27ClN2O5S/c1-16-5-7-18(8-6-16)13-25-22(27)15-31-23(28)19-9-10-20(24)21(12-19)32(29,30)26-11-3-4-17(2)14-26/h5-10,12,17H,3-4,11,13-15H2,1-2H3,(H,25,27)/t17-/m0/s1. The smallest absolute Gasteiger partial charge is 0.338 e. The fourth-order valence-electron chi connectivity index (χ4n) is 3.50. The number of ether oxygens (including phenoxy) is 1. The number of carbonyl (C=O) groups is 2. The summed E-state index contributed by atoms with van der Waals surface area (Å²) in [5.41, 5.74) is 2.06. The zero-order chi connectivity index (χ0) is 23.3. The van der Waals surface area contributed by atoms with Gasteiger partial charge >= 0.3 is 5.97 Å². The molecule has 2 aromatic rings. The molecule has 1 heterocycles. The van der Waals surface area contributed by atoms with Crippen LogP contribution in [0.2, 0.25) is 5.02 Å². The summed E-state index contributed by atoms with van der Waals surface area (Å²) in [6, 6.07) is 11.6. The lowest BCUT2D eigenvalue weighted by atomic mass is 10.0. The molecule has 1 atom stereocenters. The Labute approximate surface area is 193 Å². The Hall–Kier alpha value is -2.42. The molecule has 0 spiro atoms. The molecule has 0 bridgehead atoms. The highest BCUT2D eigenvalue weighted by Crippen LogP contribution is 2.29. The summed E-state index contributed by atoms with van der Waals surface area (Å²) in [6.07, 6.45) is 1.75. The van der Waals surface area contributed by atoms with Crippen molar-refractivity contribution in [2.24, 2.45) is 5.92 Å². The van der Waals surface area contributed by atoms with Crippen molar-refractivity contribution in [3.05, 3.63) is 64.2 Å². The first-order valence-electron chi connectivity index (χ1n) is 10.5. The van der Waals surface area contributed by atoms with E-state index in [1.54, 1.807) is 0 Å². The van der Waals surface area contributed by atoms with Crippen molar-refractivity contribution >= 4 is 33.5 Å². The van der Waals surface area contributed by atoms with Crippen LogP contribution < -0.4 is 5.32 Å². The summed E-state index contributed by atoms with van der Waals surface area (Å²) in [5.74, 6) is -0.998. The van der Waals surface area contributed by atoms with E-state index in [-0.39, 0.29) is 21.4 Å². The van der Waals surface area contributed by atoms with Crippen LogP contribution >= 0.6 is 11.6 Å². The van der Waals surface area contributed by atoms with Crippen LogP contribution in [-0.4, -0.2) is 44.3 Å². The molecule has 0 radical (unpaired) electrons. The van der Waals surface area contributed by atoms with Crippen molar-refractivity contribution in [2.45, 2.75) is 38.1 Å². The van der Waals surface area contributed by atoms with Crippen LogP contribution in [0, 0.1) is 12.8 Å². The lowest BCUT2D eigenvalue weighted by Gasteiger charge is -2.30. The predicted molar refractivity (Wildman–Crippen MR) is 122 cm³/mol. The molecule has 1 aliphatic rings. The third-order valence-electron chi connectivity index (χ3n) is 5.35. The summed E-state index contributed by atoms with van der Waals surface area (Å²) in [5, 5.41) is 2.71. The van der Waals surface area contributed by atoms with Crippen molar-refractivity contribution in [3.63, 3.8) is 0 Å². The molecule has 0 aromatic heterocycles. The lowest BCUT2D eigenvalue weighted by molar-refractivity contribution is -0.124. The number of nitrogens with zero attached hydrogens (tertiary/aromatic N) is 1. The molecule has 9 heteroatoms. The minimum absolute atomic E-state index is 0.0179. The summed E-state index contributed by atoms with van der Waals surface area (Å²) < 4.78 is 32.6. The average Bonchev–Trinajstić information content (AvgIpc) is 2.77. The molecule has 1 fully saturated rings. The van der Waals surface area contributed by atoms with Gasteiger partial charge in [-0.1, -0.05) is 48.4 Å². The zero-order valence-electron chi connectivity index (χ0n) is 18.1. The molecule has 0 saturated carbocycles. The van der Waals surface area contributed by atoms with Crippen LogP contribution in [0.25, 0.3) is 0 Å². The number of halogens is 1. The van der Waals surface area contributed by atoms with E-state index in [0.29, 0.717) is 19.6 Å². The van der Waals surface area contributed by atoms with Crippen LogP contribution in [0.1, 0.15) is 41.3 Å². The first kappa shape index (κ1) is 24.2. The van der Waals surface area contributed by atoms with Crippen molar-refractivity contribution in [1.82, 2.24) is 9.62 Å². The molecule has 0 unspecified atom stereocenters. The molecule has 7 nitrogen and oxygen atoms in total. The van der Waals surface area contributed by atoms with Gasteiger partial charge in [-0.25, -0.2) is 13.2 Å². The second kappa shape index (κ2) is 10.5. The second-order valence-corrected chi connectivity index (χ2v) is 10.4. The van der Waals surface area contributed by atoms with Gasteiger partial charge in [0.2, 0.25) is 10.0 Å². The number of amides is 1. The van der Waals surface area contributed by atoms with Crippen molar-refractivity contribution in [3.8, 4) is 0 Å². The molecular formula is C23H27ClN2O5S. The quantitative estimate of drug-likeness (QED) is 0.614. The molecule has 1 N–H and O–H groups in total. The maximum absolute atomic E-state index is 13.1. The van der Waals surface area contributed by atoms with Crippen LogP contribution in [0.3, 0.4) is 0 Å². The summed E-state index contributed by atoms with van der Waals surface area (Å²) in [7, 11) is -3.84. The van der Waals surface area contributed by atoms with Gasteiger partial charge in [-0.3, -0.25) is 4.79 Å². The average molecular weight is 479 g/mol. The Morgan fingerprint density at radius 3 is 2.59 bits per heavy atom. The second-order valence-electron chi connectivity index (χ2n) is 8.09. The summed E-state index contributed by atoms with van der Waals surface area (Å²) in [6.45, 7) is 4.64. The number of esters is 1. The molecule has 32 heavy (non-hydrogen) atoms. The Bertz CT molecular complexity index is 1090. The van der Waals surface area contributed by atoms with Crippen LogP contribution in [0.4, 0.5) is 0 Å². The number of benzene rings is 2. The van der Waals surface area contributed by atoms with Gasteiger partial charge in [0.05, 0.1) is 10.6 Å². The summed E-state index contributed by atoms with van der Waals surface area (Å²) >= 11 is 6.16. The van der Waals surface area contributed by atoms with Crippen molar-refractivity contribution < 1.29 is 22.7 Å². The molecule has 1 amide bonds. The number of rotatable bonds is 7. The van der Waals surface area contributed by atoms with Crippen molar-refractivity contribution in [2.75, 3.05) is 19.7 Å². The fourth-order valence-corrected chi connectivity index (χ4v) is 5.60. The Balaban J connectivity index is 1.62. The number of hydrogen-bond acceptors (Lipinski definition) is 5. The summed E-state index contributed by atoms with van der Waals surface area (Å²) in [4.78, 5) is 24.3. The number of nitrogens with one attached hydrogen (secondary N) is 1. The van der Waals surface area contributed by atoms with E-state index >= 15 is 0 Å². The maximum atomic E-state index is 13.1. The normalized spacial score (nSPS) is 17.0. The third-order valence-corrected chi connectivity index (χ3v) is 7.70. The number of sulfonamides is 1. The van der Waals surface area contributed by atoms with Gasteiger partial charge in [0, 0.05) is 19.6 Å². The predicted octanol–water partition coefficient (Wildman–Crippen LogP) is 3.54. The van der Waals surface area contributed by atoms with E-state index < -0.39 is 28.5 Å². The number of hydrogen-bond donors (Lipinski definition) is 1. The molecule has 1 aliphatic heterocycles. The van der Waals surface area contributed by atoms with Gasteiger partial charge in [-0.05, 0) is 49.4 Å². The fraction of sp³-hybridized carbons (Fsp3) is 0.391. The Morgan fingerprint density at radius 1 is 1.19 bits per heavy atom. The molecular weight excluding hydrogens is 452 g/mol. The van der Waals surface area contributed by atoms with Gasteiger partial charge in [0.1, 0.15) is 4.90 Å². The molecule has 2 aromatic carbocycles. The number of carbonyl (C=O) groups excluding carboxylic acids is 2. The monoisotopic (exact) mass is 478 g/mol. The SMILES string of the molecule is Cc1ccc(CNC(=O)COC(=O)c2ccc(Cl)c(S(=O)(=O)N3CCC[C@H](C)C3)c2)cc1. The Morgan fingerprint density at radius 2 is 1.91 bits per heavy atom. The van der Waals surface area contributed by atoms with Gasteiger partial charge < -0.3 is 10.1 Å². The van der Waals surface area contributed by atoms with E-state index in [2.05, 4.69) is 5.32 Å².